The molecule has 0 saturated carbocycles. The minimum atomic E-state index is -0.994. The lowest BCUT2D eigenvalue weighted by Gasteiger charge is -1.98. The highest BCUT2D eigenvalue weighted by molar-refractivity contribution is 5.82. The van der Waals surface area contributed by atoms with Gasteiger partial charge < -0.3 is 5.11 Å². The minimum Gasteiger partial charge on any atom is -0.480 e. The lowest BCUT2D eigenvalue weighted by Crippen LogP contribution is -2.11. The van der Waals surface area contributed by atoms with Crippen molar-refractivity contribution >= 4 is 16.9 Å². The van der Waals surface area contributed by atoms with Crippen LogP contribution in [0.5, 0.6) is 0 Å². The Balaban J connectivity index is 2.64. The number of carbonyl (C=O) groups is 1. The summed E-state index contributed by atoms with van der Waals surface area (Å²) in [5.41, 5.74) is 1.01. The number of nitrogens with zero attached hydrogens (tertiary/aromatic N) is 2. The highest BCUT2D eigenvalue weighted by Crippen LogP contribution is 2.20. The topological polar surface area (TPSA) is 55.1 Å². The molecule has 0 spiro atoms. The molecule has 0 aliphatic carbocycles. The Labute approximate surface area is 84.9 Å². The third kappa shape index (κ3) is 1.56. The van der Waals surface area contributed by atoms with Gasteiger partial charge in [0.2, 0.25) is 0 Å². The molecule has 2 rings (SSSR count). The molecule has 5 heteroatoms. The summed E-state index contributed by atoms with van der Waals surface area (Å²) < 4.78 is 14.7. The van der Waals surface area contributed by atoms with E-state index in [1.165, 1.54) is 10.7 Å². The molecule has 78 valence electrons. The maximum atomic E-state index is 13.4. The molecule has 0 bridgehead atoms. The number of rotatable bonds is 2. The van der Waals surface area contributed by atoms with Gasteiger partial charge in [-0.25, -0.2) is 4.39 Å². The minimum absolute atomic E-state index is 0.250. The third-order valence-corrected chi connectivity index (χ3v) is 2.25. The molecule has 0 aliphatic rings. The number of carboxylic acids is 1. The van der Waals surface area contributed by atoms with E-state index < -0.39 is 5.97 Å². The second-order valence-corrected chi connectivity index (χ2v) is 3.27. The number of hydrogen-bond acceptors (Lipinski definition) is 2. The molecule has 0 amide bonds. The molecular weight excluding hydrogens is 199 g/mol. The second-order valence-electron chi connectivity index (χ2n) is 3.27. The second kappa shape index (κ2) is 3.34. The highest BCUT2D eigenvalue weighted by atomic mass is 19.1. The van der Waals surface area contributed by atoms with Crippen molar-refractivity contribution < 1.29 is 14.3 Å². The average molecular weight is 208 g/mol. The fourth-order valence-corrected chi connectivity index (χ4v) is 1.57. The van der Waals surface area contributed by atoms with Crippen molar-refractivity contribution in [1.29, 1.82) is 0 Å². The molecule has 0 aliphatic heterocycles. The van der Waals surface area contributed by atoms with Crippen molar-refractivity contribution in [2.24, 2.45) is 0 Å². The van der Waals surface area contributed by atoms with Crippen molar-refractivity contribution in [2.45, 2.75) is 13.5 Å². The van der Waals surface area contributed by atoms with Gasteiger partial charge in [0.1, 0.15) is 12.4 Å². The van der Waals surface area contributed by atoms with E-state index in [-0.39, 0.29) is 12.4 Å². The number of aromatic nitrogens is 2. The predicted molar refractivity (Wildman–Crippen MR) is 52.1 cm³/mol. The van der Waals surface area contributed by atoms with Crippen LogP contribution >= 0.6 is 0 Å². The van der Waals surface area contributed by atoms with Gasteiger partial charge in [-0.1, -0.05) is 6.07 Å². The van der Waals surface area contributed by atoms with Crippen molar-refractivity contribution in [3.05, 3.63) is 29.7 Å². The van der Waals surface area contributed by atoms with Gasteiger partial charge in [-0.2, -0.15) is 5.10 Å². The third-order valence-electron chi connectivity index (χ3n) is 2.25. The van der Waals surface area contributed by atoms with Gasteiger partial charge in [-0.3, -0.25) is 9.48 Å². The smallest absolute Gasteiger partial charge is 0.325 e. The van der Waals surface area contributed by atoms with Crippen LogP contribution < -0.4 is 0 Å². The molecule has 0 saturated heterocycles. The number of carboxylic acid groups (broad SMARTS) is 1. The fourth-order valence-electron chi connectivity index (χ4n) is 1.57. The summed E-state index contributed by atoms with van der Waals surface area (Å²) in [6.45, 7) is 1.40. The van der Waals surface area contributed by atoms with Gasteiger partial charge in [-0.15, -0.1) is 0 Å². The number of hydrogen-bond donors (Lipinski definition) is 1. The van der Waals surface area contributed by atoms with Gasteiger partial charge in [0.15, 0.2) is 0 Å². The quantitative estimate of drug-likeness (QED) is 0.814. The number of aliphatic carboxylic acids is 1. The Kier molecular flexibility index (Phi) is 2.15. The molecule has 4 nitrogen and oxygen atoms in total. The SMILES string of the molecule is Cc1c2c(F)cccc2nn1CC(=O)O. The molecule has 0 fully saturated rings. The van der Waals surface area contributed by atoms with Crippen molar-refractivity contribution in [3.8, 4) is 0 Å². The van der Waals surface area contributed by atoms with E-state index in [0.29, 0.717) is 16.6 Å². The molecule has 1 N–H and O–H groups in total. The lowest BCUT2D eigenvalue weighted by atomic mass is 10.2. The van der Waals surface area contributed by atoms with E-state index in [0.717, 1.165) is 0 Å². The number of aryl methyl sites for hydroxylation is 1. The van der Waals surface area contributed by atoms with Gasteiger partial charge in [0.25, 0.3) is 0 Å². The summed E-state index contributed by atoms with van der Waals surface area (Å²) in [4.78, 5) is 10.5. The lowest BCUT2D eigenvalue weighted by molar-refractivity contribution is -0.137. The van der Waals surface area contributed by atoms with E-state index >= 15 is 0 Å². The first-order valence-corrected chi connectivity index (χ1v) is 4.43. The van der Waals surface area contributed by atoms with E-state index in [1.54, 1.807) is 19.1 Å². The molecule has 0 radical (unpaired) electrons. The Hall–Kier alpha value is -1.91. The van der Waals surface area contributed by atoms with Crippen LogP contribution in [-0.2, 0) is 11.3 Å². The summed E-state index contributed by atoms with van der Waals surface area (Å²) in [5.74, 6) is -1.37. The summed E-state index contributed by atoms with van der Waals surface area (Å²) >= 11 is 0. The molecule has 0 atom stereocenters. The molecular formula is C10H9FN2O2. The molecule has 1 aromatic heterocycles. The number of halogens is 1. The molecule has 15 heavy (non-hydrogen) atoms. The molecule has 1 aromatic carbocycles. The highest BCUT2D eigenvalue weighted by Gasteiger charge is 2.12. The van der Waals surface area contributed by atoms with Gasteiger partial charge in [-0.05, 0) is 19.1 Å². The molecule has 0 unspecified atom stereocenters. The van der Waals surface area contributed by atoms with Crippen LogP contribution in [0, 0.1) is 12.7 Å². The Bertz CT molecular complexity index is 533. The van der Waals surface area contributed by atoms with Gasteiger partial charge in [0.05, 0.1) is 10.9 Å². The molecule has 1 heterocycles. The first-order valence-electron chi connectivity index (χ1n) is 4.43. The Morgan fingerprint density at radius 3 is 2.93 bits per heavy atom. The van der Waals surface area contributed by atoms with Crippen LogP contribution in [0.25, 0.3) is 10.9 Å². The summed E-state index contributed by atoms with van der Waals surface area (Å²) in [6, 6.07) is 4.54. The van der Waals surface area contributed by atoms with Crippen LogP contribution in [-0.4, -0.2) is 20.9 Å². The van der Waals surface area contributed by atoms with E-state index in [9.17, 15) is 9.18 Å². The molecule has 2 aromatic rings. The van der Waals surface area contributed by atoms with Crippen LogP contribution in [0.15, 0.2) is 18.2 Å². The number of fused-ring (bicyclic) bond motifs is 1. The summed E-state index contributed by atoms with van der Waals surface area (Å²) in [6.07, 6.45) is 0. The van der Waals surface area contributed by atoms with Crippen LogP contribution in [0.1, 0.15) is 5.69 Å². The van der Waals surface area contributed by atoms with Crippen molar-refractivity contribution in [2.75, 3.05) is 0 Å². The first-order chi connectivity index (χ1) is 7.09. The zero-order valence-corrected chi connectivity index (χ0v) is 8.07. The fraction of sp³-hybridized carbons (Fsp3) is 0.200. The van der Waals surface area contributed by atoms with E-state index in [2.05, 4.69) is 5.10 Å². The normalized spacial score (nSPS) is 10.8. The maximum absolute atomic E-state index is 13.4. The van der Waals surface area contributed by atoms with Crippen molar-refractivity contribution in [1.82, 2.24) is 9.78 Å². The van der Waals surface area contributed by atoms with E-state index in [1.807, 2.05) is 0 Å². The summed E-state index contributed by atoms with van der Waals surface area (Å²) in [5, 5.41) is 13.0. The van der Waals surface area contributed by atoms with Crippen LogP contribution in [0.3, 0.4) is 0 Å². The van der Waals surface area contributed by atoms with Crippen LogP contribution in [0.4, 0.5) is 4.39 Å². The number of benzene rings is 1. The standard InChI is InChI=1S/C10H9FN2O2/c1-6-10-7(11)3-2-4-8(10)12-13(6)5-9(14)15/h2-4H,5H2,1H3,(H,14,15). The zero-order valence-electron chi connectivity index (χ0n) is 8.07. The Morgan fingerprint density at radius 1 is 1.60 bits per heavy atom. The largest absolute Gasteiger partial charge is 0.480 e. The Morgan fingerprint density at radius 2 is 2.33 bits per heavy atom. The summed E-state index contributed by atoms with van der Waals surface area (Å²) in [7, 11) is 0. The average Bonchev–Trinajstić information content (AvgIpc) is 2.44. The van der Waals surface area contributed by atoms with Crippen LogP contribution in [0.2, 0.25) is 0 Å². The van der Waals surface area contributed by atoms with Gasteiger partial charge in [0, 0.05) is 5.69 Å². The van der Waals surface area contributed by atoms with Gasteiger partial charge >= 0.3 is 5.97 Å². The monoisotopic (exact) mass is 208 g/mol. The van der Waals surface area contributed by atoms with E-state index in [4.69, 9.17) is 5.11 Å². The van der Waals surface area contributed by atoms with Crippen molar-refractivity contribution in [3.63, 3.8) is 0 Å². The first kappa shape index (κ1) is 9.64. The maximum Gasteiger partial charge on any atom is 0.325 e. The predicted octanol–water partition coefficient (Wildman–Crippen LogP) is 1.57. The zero-order chi connectivity index (χ0) is 11.0.